The standard InChI is InChI=1S/C37H58N2O12/c1-6-31(40)46-25-36(26-47-32(41)7-2,27-48-33(42)8-3)23-45-24-37(28-49-34(43)9-4,29-50-35(44)10-5)30-51-39-22-20-18-16-14-12-11-13-15-17-19-21-38/h6-10,39H,1-5,11-30,38H2. The Bertz CT molecular complexity index is 1020. The molecule has 51 heavy (non-hydrogen) atoms. The van der Waals surface area contributed by atoms with Crippen LogP contribution in [0.1, 0.15) is 64.2 Å². The molecule has 0 amide bonds. The average Bonchev–Trinajstić information content (AvgIpc) is 3.15. The van der Waals surface area contributed by atoms with Crippen molar-refractivity contribution in [2.75, 3.05) is 65.9 Å². The lowest BCUT2D eigenvalue weighted by Gasteiger charge is -2.35. The van der Waals surface area contributed by atoms with Crippen molar-refractivity contribution in [3.63, 3.8) is 0 Å². The van der Waals surface area contributed by atoms with E-state index >= 15 is 0 Å². The molecule has 0 fully saturated rings. The molecule has 0 aromatic rings. The van der Waals surface area contributed by atoms with Crippen LogP contribution in [-0.4, -0.2) is 95.8 Å². The van der Waals surface area contributed by atoms with Gasteiger partial charge in [0.2, 0.25) is 0 Å². The third-order valence-corrected chi connectivity index (χ3v) is 7.47. The molecule has 0 saturated heterocycles. The highest BCUT2D eigenvalue weighted by Crippen LogP contribution is 2.26. The lowest BCUT2D eigenvalue weighted by molar-refractivity contribution is -0.170. The molecule has 0 aliphatic heterocycles. The highest BCUT2D eigenvalue weighted by Gasteiger charge is 2.40. The Balaban J connectivity index is 5.72. The maximum Gasteiger partial charge on any atom is 0.330 e. The molecule has 288 valence electrons. The molecule has 14 nitrogen and oxygen atoms in total. The van der Waals surface area contributed by atoms with Gasteiger partial charge in [0.1, 0.15) is 33.0 Å². The molecular weight excluding hydrogens is 664 g/mol. The van der Waals surface area contributed by atoms with Crippen molar-refractivity contribution in [1.29, 1.82) is 0 Å². The lowest BCUT2D eigenvalue weighted by Crippen LogP contribution is -2.47. The first-order valence-electron chi connectivity index (χ1n) is 17.1. The van der Waals surface area contributed by atoms with Crippen LogP contribution in [0.4, 0.5) is 0 Å². The van der Waals surface area contributed by atoms with Gasteiger partial charge in [0.05, 0.1) is 30.7 Å². The van der Waals surface area contributed by atoms with Gasteiger partial charge in [-0.15, -0.1) is 0 Å². The normalized spacial score (nSPS) is 11.1. The number of carbonyl (C=O) groups is 5. The molecule has 3 N–H and O–H groups in total. The third kappa shape index (κ3) is 23.8. The minimum atomic E-state index is -1.43. The Kier molecular flexibility index (Phi) is 27.2. The van der Waals surface area contributed by atoms with Crippen molar-refractivity contribution in [3.05, 3.63) is 63.3 Å². The summed E-state index contributed by atoms with van der Waals surface area (Å²) >= 11 is 0. The number of hydrogen-bond acceptors (Lipinski definition) is 14. The molecule has 0 aromatic heterocycles. The minimum absolute atomic E-state index is 0.151. The number of esters is 5. The van der Waals surface area contributed by atoms with Crippen LogP contribution in [0.15, 0.2) is 63.3 Å². The van der Waals surface area contributed by atoms with Crippen LogP contribution in [0.5, 0.6) is 0 Å². The van der Waals surface area contributed by atoms with Gasteiger partial charge < -0.3 is 39.0 Å². The van der Waals surface area contributed by atoms with Gasteiger partial charge in [-0.3, -0.25) is 0 Å². The zero-order valence-corrected chi connectivity index (χ0v) is 30.0. The van der Waals surface area contributed by atoms with E-state index < -0.39 is 60.5 Å². The zero-order chi connectivity index (χ0) is 38.2. The fourth-order valence-electron chi connectivity index (χ4n) is 4.43. The number of nitrogens with two attached hydrogens (primary N) is 1. The number of unbranched alkanes of at least 4 members (excludes halogenated alkanes) is 9. The second-order valence-corrected chi connectivity index (χ2v) is 12.1. The molecule has 0 saturated carbocycles. The molecule has 0 bridgehead atoms. The van der Waals surface area contributed by atoms with Gasteiger partial charge in [-0.05, 0) is 19.4 Å². The van der Waals surface area contributed by atoms with E-state index in [2.05, 4.69) is 38.4 Å². The molecular formula is C37H58N2O12. The Labute approximate surface area is 302 Å². The van der Waals surface area contributed by atoms with Crippen LogP contribution in [-0.2, 0) is 57.2 Å². The van der Waals surface area contributed by atoms with Crippen molar-refractivity contribution < 1.29 is 57.2 Å². The van der Waals surface area contributed by atoms with Crippen molar-refractivity contribution in [2.24, 2.45) is 16.6 Å². The Morgan fingerprint density at radius 1 is 0.451 bits per heavy atom. The monoisotopic (exact) mass is 722 g/mol. The molecule has 0 unspecified atom stereocenters. The Morgan fingerprint density at radius 2 is 0.745 bits per heavy atom. The predicted molar refractivity (Wildman–Crippen MR) is 191 cm³/mol. The Morgan fingerprint density at radius 3 is 1.06 bits per heavy atom. The van der Waals surface area contributed by atoms with Gasteiger partial charge in [-0.25, -0.2) is 29.5 Å². The van der Waals surface area contributed by atoms with Crippen molar-refractivity contribution in [1.82, 2.24) is 5.48 Å². The van der Waals surface area contributed by atoms with E-state index in [1.807, 2.05) is 0 Å². The van der Waals surface area contributed by atoms with E-state index in [4.69, 9.17) is 39.0 Å². The van der Waals surface area contributed by atoms with E-state index in [1.165, 1.54) is 32.1 Å². The van der Waals surface area contributed by atoms with Crippen LogP contribution in [0.25, 0.3) is 0 Å². The number of hydrogen-bond donors (Lipinski definition) is 2. The summed E-state index contributed by atoms with van der Waals surface area (Å²) in [6, 6.07) is 0. The second kappa shape index (κ2) is 29.6. The number of nitrogens with one attached hydrogen (secondary N) is 1. The Hall–Kier alpha value is -4.11. The maximum absolute atomic E-state index is 12.1. The summed E-state index contributed by atoms with van der Waals surface area (Å²) in [4.78, 5) is 65.9. The van der Waals surface area contributed by atoms with Gasteiger partial charge >= 0.3 is 29.8 Å². The SMILES string of the molecule is C=CC(=O)OCC(COCC(COC(=O)C=C)(COC(=O)C=C)COC(=O)C=C)(CONCCCCCCCCCCCCN)COC(=O)C=C. The van der Waals surface area contributed by atoms with Crippen LogP contribution in [0.2, 0.25) is 0 Å². The van der Waals surface area contributed by atoms with E-state index in [0.29, 0.717) is 6.54 Å². The first-order valence-corrected chi connectivity index (χ1v) is 17.1. The molecule has 0 aliphatic carbocycles. The zero-order valence-electron chi connectivity index (χ0n) is 30.0. The van der Waals surface area contributed by atoms with Gasteiger partial charge in [0.25, 0.3) is 0 Å². The van der Waals surface area contributed by atoms with Crippen LogP contribution in [0.3, 0.4) is 0 Å². The van der Waals surface area contributed by atoms with Crippen LogP contribution >= 0.6 is 0 Å². The summed E-state index contributed by atoms with van der Waals surface area (Å²) in [6.45, 7) is 15.5. The molecule has 0 heterocycles. The quantitative estimate of drug-likeness (QED) is 0.0319. The summed E-state index contributed by atoms with van der Waals surface area (Å²) in [6.07, 6.45) is 16.1. The molecule has 0 rings (SSSR count). The van der Waals surface area contributed by atoms with Crippen LogP contribution < -0.4 is 11.2 Å². The van der Waals surface area contributed by atoms with E-state index in [-0.39, 0.29) is 33.0 Å². The smallest absolute Gasteiger partial charge is 0.330 e. The first-order chi connectivity index (χ1) is 24.5. The second-order valence-electron chi connectivity index (χ2n) is 12.1. The van der Waals surface area contributed by atoms with Crippen molar-refractivity contribution >= 4 is 29.8 Å². The summed E-state index contributed by atoms with van der Waals surface area (Å²) in [7, 11) is 0. The topological polar surface area (TPSA) is 188 Å². The van der Waals surface area contributed by atoms with E-state index in [1.54, 1.807) is 0 Å². The van der Waals surface area contributed by atoms with Gasteiger partial charge in [0, 0.05) is 36.9 Å². The fourth-order valence-corrected chi connectivity index (χ4v) is 4.43. The van der Waals surface area contributed by atoms with Crippen LogP contribution in [0, 0.1) is 10.8 Å². The molecule has 14 heteroatoms. The molecule has 0 spiro atoms. The van der Waals surface area contributed by atoms with E-state index in [9.17, 15) is 24.0 Å². The maximum atomic E-state index is 12.1. The highest BCUT2D eigenvalue weighted by molar-refractivity contribution is 5.82. The van der Waals surface area contributed by atoms with Crippen molar-refractivity contribution in [2.45, 2.75) is 64.2 Å². The molecule has 0 atom stereocenters. The van der Waals surface area contributed by atoms with E-state index in [0.717, 1.165) is 69.0 Å². The third-order valence-electron chi connectivity index (χ3n) is 7.47. The molecule has 0 radical (unpaired) electrons. The summed E-state index contributed by atoms with van der Waals surface area (Å²) in [5.74, 6) is -3.85. The van der Waals surface area contributed by atoms with Gasteiger partial charge in [0.15, 0.2) is 0 Å². The van der Waals surface area contributed by atoms with Crippen molar-refractivity contribution in [3.8, 4) is 0 Å². The van der Waals surface area contributed by atoms with Gasteiger partial charge in [-0.2, -0.15) is 0 Å². The number of ether oxygens (including phenoxy) is 6. The minimum Gasteiger partial charge on any atom is -0.462 e. The molecule has 0 aliphatic rings. The summed E-state index contributed by atoms with van der Waals surface area (Å²) < 4.78 is 32.5. The molecule has 0 aromatic carbocycles. The first kappa shape index (κ1) is 46.9. The fraction of sp³-hybridized carbons (Fsp3) is 0.595. The van der Waals surface area contributed by atoms with Gasteiger partial charge in [-0.1, -0.05) is 84.3 Å². The number of carbonyl (C=O) groups excluding carboxylic acids is 5. The largest absolute Gasteiger partial charge is 0.462 e. The predicted octanol–water partition coefficient (Wildman–Crippen LogP) is 4.00. The number of hydroxylamine groups is 1. The lowest BCUT2D eigenvalue weighted by atomic mass is 9.90. The number of rotatable bonds is 34. The summed E-state index contributed by atoms with van der Waals surface area (Å²) in [5, 5.41) is 0. The summed E-state index contributed by atoms with van der Waals surface area (Å²) in [5.41, 5.74) is 5.74. The average molecular weight is 723 g/mol. The highest BCUT2D eigenvalue weighted by atomic mass is 16.6.